The first-order chi connectivity index (χ1) is 45.5. The van der Waals surface area contributed by atoms with Gasteiger partial charge in [-0.3, -0.25) is 24.0 Å². The second kappa shape index (κ2) is 29.6. The van der Waals surface area contributed by atoms with Gasteiger partial charge in [-0.25, -0.2) is 0 Å². The Morgan fingerprint density at radius 2 is 0.740 bits per heavy atom. The van der Waals surface area contributed by atoms with Crippen molar-refractivity contribution in [2.45, 2.75) is 358 Å². The van der Waals surface area contributed by atoms with Gasteiger partial charge >= 0.3 is 29.8 Å². The number of ether oxygens (including phenoxy) is 5. The van der Waals surface area contributed by atoms with Gasteiger partial charge in [0.2, 0.25) is 0 Å². The summed E-state index contributed by atoms with van der Waals surface area (Å²) in [5.74, 6) is 16.4. The van der Waals surface area contributed by atoms with E-state index in [1.54, 1.807) is 0 Å². The molecule has 0 heterocycles. The molecular formula is C86H142O10. The fourth-order valence-corrected chi connectivity index (χ4v) is 26.4. The maximum atomic E-state index is 12.5. The Hall–Kier alpha value is -2.65. The molecule has 19 aliphatic carbocycles. The van der Waals surface area contributed by atoms with Gasteiger partial charge in [0.05, 0.1) is 29.6 Å². The molecule has 10 unspecified atom stereocenters. The molecule has 10 heteroatoms. The Balaban J connectivity index is 0.000000122. The van der Waals surface area contributed by atoms with Crippen molar-refractivity contribution < 1.29 is 47.7 Å². The monoisotopic (exact) mass is 1340 g/mol. The van der Waals surface area contributed by atoms with E-state index >= 15 is 0 Å². The van der Waals surface area contributed by atoms with Crippen LogP contribution in [0.25, 0.3) is 0 Å². The van der Waals surface area contributed by atoms with E-state index in [4.69, 9.17) is 23.7 Å². The Bertz CT molecular complexity index is 2560. The lowest BCUT2D eigenvalue weighted by atomic mass is 9.46. The number of carbonyl (C=O) groups excluding carboxylic acids is 5. The quantitative estimate of drug-likeness (QED) is 0.0910. The zero-order chi connectivity index (χ0) is 69.2. The third-order valence-corrected chi connectivity index (χ3v) is 32.3. The lowest BCUT2D eigenvalue weighted by molar-refractivity contribution is -0.227. The van der Waals surface area contributed by atoms with Crippen LogP contribution in [0.4, 0.5) is 0 Å². The third kappa shape index (κ3) is 14.2. The van der Waals surface area contributed by atoms with Crippen LogP contribution in [-0.4, -0.2) is 57.9 Å². The number of esters is 5. The van der Waals surface area contributed by atoms with Crippen LogP contribution >= 0.6 is 0 Å². The van der Waals surface area contributed by atoms with Crippen LogP contribution in [0.15, 0.2) is 0 Å². The average Bonchev–Trinajstić information content (AvgIpc) is 1.29. The van der Waals surface area contributed by atoms with Crippen LogP contribution in [0.3, 0.4) is 0 Å². The van der Waals surface area contributed by atoms with Crippen molar-refractivity contribution in [3.63, 3.8) is 0 Å². The Labute approximate surface area is 585 Å². The minimum atomic E-state index is -0.288. The predicted octanol–water partition coefficient (Wildman–Crippen LogP) is 21.1. The summed E-state index contributed by atoms with van der Waals surface area (Å²) in [6.45, 7) is 35.9. The molecule has 96 heavy (non-hydrogen) atoms. The minimum absolute atomic E-state index is 0.00763. The van der Waals surface area contributed by atoms with Crippen molar-refractivity contribution >= 4 is 29.8 Å². The number of hydrogen-bond donors (Lipinski definition) is 0. The first-order valence-corrected chi connectivity index (χ1v) is 41.7. The highest BCUT2D eigenvalue weighted by Gasteiger charge is 2.65. The topological polar surface area (TPSA) is 132 Å². The van der Waals surface area contributed by atoms with Gasteiger partial charge < -0.3 is 23.7 Å². The second-order valence-corrected chi connectivity index (χ2v) is 38.3. The predicted molar refractivity (Wildman–Crippen MR) is 383 cm³/mol. The summed E-state index contributed by atoms with van der Waals surface area (Å²) >= 11 is 0. The molecule has 0 aromatic carbocycles. The number of carbonyl (C=O) groups is 5. The summed E-state index contributed by atoms with van der Waals surface area (Å²) < 4.78 is 30.6. The van der Waals surface area contributed by atoms with Gasteiger partial charge in [-0.15, -0.1) is 0 Å². The van der Waals surface area contributed by atoms with Crippen LogP contribution in [0.2, 0.25) is 0 Å². The van der Waals surface area contributed by atoms with Gasteiger partial charge in [0.15, 0.2) is 0 Å². The van der Waals surface area contributed by atoms with E-state index in [2.05, 4.69) is 83.1 Å². The maximum absolute atomic E-state index is 12.5. The highest BCUT2D eigenvalue weighted by atomic mass is 16.6. The van der Waals surface area contributed by atoms with E-state index < -0.39 is 0 Å². The Kier molecular flexibility index (Phi) is 23.0. The van der Waals surface area contributed by atoms with E-state index in [-0.39, 0.29) is 92.9 Å². The first-order valence-electron chi connectivity index (χ1n) is 41.7. The molecule has 0 radical (unpaired) electrons. The lowest BCUT2D eigenvalue weighted by Crippen LogP contribution is -2.62. The molecule has 10 atom stereocenters. The normalized spacial score (nSPS) is 44.3. The Morgan fingerprint density at radius 1 is 0.385 bits per heavy atom. The SMILES string of the molecule is CCC(C)C(=O)OC(C)(C)C12CC3CC(CC(C3)C1)C2.CCC(C)C(=O)OC1(C(C)C)C2CC3CC(C2)CC1C3.CCC(C)C(=O)OC1(C)C2CC3CC(C2)CC1C3.CCC(C)C(=O)OC1(CC)C2CC3CC(C2)CC1C3.CCC(C)C(=O)OC1(CC)CC2CC1C1CCCC21. The van der Waals surface area contributed by atoms with Crippen molar-refractivity contribution in [2.24, 2.45) is 153 Å². The largest absolute Gasteiger partial charge is 0.459 e. The Morgan fingerprint density at radius 3 is 1.14 bits per heavy atom. The molecule has 19 fully saturated rings. The smallest absolute Gasteiger partial charge is 0.309 e. The molecular weight excluding hydrogens is 1190 g/mol. The third-order valence-electron chi connectivity index (χ3n) is 32.3. The molecule has 0 amide bonds. The fraction of sp³-hybridized carbons (Fsp3) is 0.942. The minimum Gasteiger partial charge on any atom is -0.459 e. The van der Waals surface area contributed by atoms with Gasteiger partial charge in [0.1, 0.15) is 28.0 Å². The van der Waals surface area contributed by atoms with Gasteiger partial charge in [0.25, 0.3) is 0 Å². The standard InChI is InChI=1S/2C18H30O2.2C17H28O2.C16H26O2/c1-5-12(2)16(19)20-17(3,4)18-9-13-6-14(10-18)8-15(7-13)11-18;1-5-12(4)17(19)20-18(11(2)3)15-7-13-6-14(9-15)10-16(18)8-13;1-4-11(3)16(18)19-17(5-2)14-7-12-6-13(9-14)10-15(17)8-12;1-4-11(3)16(18)19-17(5-2)10-12-9-15(17)14-8-6-7-13(12)14;1-4-10(2)15(17)18-16(3)13-6-11-5-12(8-13)9-14(16)7-11/h12-15H,5-11H2,1-4H3;11-16H,5-10H2,1-4H3;2*11-15H,4-10H2,1-3H3;10-14H,4-9H2,1-3H3. The summed E-state index contributed by atoms with van der Waals surface area (Å²) in [4.78, 5) is 61.4. The van der Waals surface area contributed by atoms with Crippen LogP contribution in [0.5, 0.6) is 0 Å². The zero-order valence-corrected chi connectivity index (χ0v) is 64.4. The van der Waals surface area contributed by atoms with Crippen molar-refractivity contribution in [2.75, 3.05) is 0 Å². The van der Waals surface area contributed by atoms with Crippen LogP contribution < -0.4 is 0 Å². The van der Waals surface area contributed by atoms with Gasteiger partial charge in [-0.1, -0.05) is 103 Å². The fourth-order valence-electron chi connectivity index (χ4n) is 26.4. The lowest BCUT2D eigenvalue weighted by Gasteiger charge is -2.62. The molecule has 0 aliphatic heterocycles. The molecule has 19 rings (SSSR count). The van der Waals surface area contributed by atoms with E-state index in [1.807, 2.05) is 34.6 Å². The van der Waals surface area contributed by atoms with Gasteiger partial charge in [0, 0.05) is 11.3 Å². The molecule has 546 valence electrons. The number of hydrogen-bond acceptors (Lipinski definition) is 10. The van der Waals surface area contributed by atoms with E-state index in [9.17, 15) is 24.0 Å². The summed E-state index contributed by atoms with van der Waals surface area (Å²) in [5.41, 5.74) is -0.513. The molecule has 0 N–H and O–H groups in total. The van der Waals surface area contributed by atoms with Crippen molar-refractivity contribution in [1.29, 1.82) is 0 Å². The van der Waals surface area contributed by atoms with Crippen molar-refractivity contribution in [1.82, 2.24) is 0 Å². The maximum Gasteiger partial charge on any atom is 0.309 e. The summed E-state index contributed by atoms with van der Waals surface area (Å²) in [5, 5.41) is 0. The summed E-state index contributed by atoms with van der Waals surface area (Å²) in [7, 11) is 0. The van der Waals surface area contributed by atoms with Gasteiger partial charge in [-0.2, -0.15) is 0 Å². The van der Waals surface area contributed by atoms with Crippen LogP contribution in [0.1, 0.15) is 330 Å². The van der Waals surface area contributed by atoms with E-state index in [0.717, 1.165) is 122 Å². The highest BCUT2D eigenvalue weighted by molar-refractivity contribution is 5.74. The molecule has 19 aliphatic rings. The molecule has 18 bridgehead atoms. The molecule has 0 aromatic heterocycles. The van der Waals surface area contributed by atoms with E-state index in [0.29, 0.717) is 47.3 Å². The molecule has 19 saturated carbocycles. The van der Waals surface area contributed by atoms with Crippen LogP contribution in [-0.2, 0) is 47.7 Å². The number of rotatable bonds is 19. The summed E-state index contributed by atoms with van der Waals surface area (Å²) in [6.07, 6.45) is 41.4. The van der Waals surface area contributed by atoms with Crippen molar-refractivity contribution in [3.05, 3.63) is 0 Å². The first kappa shape index (κ1) is 74.5. The van der Waals surface area contributed by atoms with Crippen molar-refractivity contribution in [3.8, 4) is 0 Å². The number of fused-ring (bicyclic) bond motifs is 5. The molecule has 0 saturated heterocycles. The van der Waals surface area contributed by atoms with Crippen LogP contribution in [0, 0.1) is 153 Å². The summed E-state index contributed by atoms with van der Waals surface area (Å²) in [6, 6.07) is 0. The average molecular weight is 1340 g/mol. The van der Waals surface area contributed by atoms with E-state index in [1.165, 1.54) is 161 Å². The van der Waals surface area contributed by atoms with Gasteiger partial charge in [-0.05, 0) is 339 Å². The zero-order valence-electron chi connectivity index (χ0n) is 64.4. The molecule has 0 spiro atoms. The highest BCUT2D eigenvalue weighted by Crippen LogP contribution is 2.68. The molecule has 0 aromatic rings. The molecule has 10 nitrogen and oxygen atoms in total. The second-order valence-electron chi connectivity index (χ2n) is 38.3.